The van der Waals surface area contributed by atoms with Crippen molar-refractivity contribution in [2.24, 2.45) is 0 Å². The first-order chi connectivity index (χ1) is 21.5. The number of halogens is 9. The SMILES string of the molecule is CN1CCN(CC2CCC3(COCCN(Cc4ccccc4)C3)O2)CC1.O=C(O)C(F)(F)F.O=C(O)C(F)(F)F.O=C(O)C(F)(F)F. The molecule has 2 atom stereocenters. The van der Waals surface area contributed by atoms with Crippen molar-refractivity contribution >= 4 is 17.9 Å². The van der Waals surface area contributed by atoms with Crippen molar-refractivity contribution in [3.63, 3.8) is 0 Å². The van der Waals surface area contributed by atoms with Crippen LogP contribution >= 0.6 is 0 Å². The van der Waals surface area contributed by atoms with Gasteiger partial charge in [-0.3, -0.25) is 9.80 Å². The number of hydrogen-bond acceptors (Lipinski definition) is 8. The van der Waals surface area contributed by atoms with E-state index < -0.39 is 36.4 Å². The first-order valence-electron chi connectivity index (χ1n) is 13.9. The lowest BCUT2D eigenvalue weighted by Crippen LogP contribution is -2.48. The maximum atomic E-state index is 10.6. The van der Waals surface area contributed by atoms with Gasteiger partial charge in [0.05, 0.1) is 19.3 Å². The van der Waals surface area contributed by atoms with E-state index in [1.807, 2.05) is 0 Å². The number of carboxylic acid groups (broad SMARTS) is 3. The minimum atomic E-state index is -5.08. The zero-order valence-electron chi connectivity index (χ0n) is 25.1. The molecule has 20 heteroatoms. The van der Waals surface area contributed by atoms with Gasteiger partial charge in [-0.1, -0.05) is 30.3 Å². The number of ether oxygens (including phenoxy) is 2. The highest BCUT2D eigenvalue weighted by molar-refractivity contribution is 5.73. The van der Waals surface area contributed by atoms with E-state index in [-0.39, 0.29) is 5.60 Å². The molecule has 0 radical (unpaired) electrons. The summed E-state index contributed by atoms with van der Waals surface area (Å²) in [6.07, 6.45) is -12.6. The fourth-order valence-corrected chi connectivity index (χ4v) is 4.53. The third-order valence-corrected chi connectivity index (χ3v) is 6.80. The van der Waals surface area contributed by atoms with E-state index in [4.69, 9.17) is 39.2 Å². The van der Waals surface area contributed by atoms with Gasteiger partial charge in [0.1, 0.15) is 5.60 Å². The van der Waals surface area contributed by atoms with Crippen LogP contribution in [0.4, 0.5) is 39.5 Å². The molecule has 3 heterocycles. The molecule has 4 rings (SSSR count). The quantitative estimate of drug-likeness (QED) is 0.397. The Morgan fingerprint density at radius 3 is 1.70 bits per heavy atom. The molecular weight excluding hydrogens is 665 g/mol. The first kappa shape index (κ1) is 41.8. The summed E-state index contributed by atoms with van der Waals surface area (Å²) in [4.78, 5) is 34.2. The monoisotopic (exact) mass is 701 g/mol. The summed E-state index contributed by atoms with van der Waals surface area (Å²) in [5.74, 6) is -8.27. The lowest BCUT2D eigenvalue weighted by Gasteiger charge is -2.35. The van der Waals surface area contributed by atoms with Gasteiger partial charge in [0.15, 0.2) is 0 Å². The predicted octanol–water partition coefficient (Wildman–Crippen LogP) is 3.58. The highest BCUT2D eigenvalue weighted by Gasteiger charge is 2.44. The molecule has 0 aliphatic carbocycles. The standard InChI is InChI=1S/C21H33N3O2.3C2HF3O2/c1-22-9-11-23(12-10-22)16-20-7-8-21(26-20)17-24(13-14-25-18-21)15-19-5-3-2-4-6-19;3*3-2(4,5)1(6)7/h2-6,20H,7-18H2,1H3;3*(H,6,7). The Hall–Kier alpha value is -3.20. The topological polar surface area (TPSA) is 140 Å². The zero-order valence-corrected chi connectivity index (χ0v) is 25.1. The molecule has 1 spiro atoms. The third kappa shape index (κ3) is 17.0. The number of nitrogens with zero attached hydrogens (tertiary/aromatic N) is 3. The molecular formula is C27H36F9N3O8. The zero-order chi connectivity index (χ0) is 36.1. The van der Waals surface area contributed by atoms with Crippen molar-refractivity contribution in [2.45, 2.75) is 49.6 Å². The Morgan fingerprint density at radius 1 is 0.787 bits per heavy atom. The average Bonchev–Trinajstić information content (AvgIpc) is 3.22. The van der Waals surface area contributed by atoms with Crippen LogP contribution in [-0.2, 0) is 30.4 Å². The molecule has 47 heavy (non-hydrogen) atoms. The van der Waals surface area contributed by atoms with Crippen LogP contribution in [0, 0.1) is 0 Å². The lowest BCUT2D eigenvalue weighted by molar-refractivity contribution is -0.193. The molecule has 270 valence electrons. The number of rotatable bonds is 4. The smallest absolute Gasteiger partial charge is 0.475 e. The first-order valence-corrected chi connectivity index (χ1v) is 13.9. The molecule has 3 aliphatic rings. The minimum Gasteiger partial charge on any atom is -0.475 e. The van der Waals surface area contributed by atoms with Crippen LogP contribution in [0.3, 0.4) is 0 Å². The Bertz CT molecular complexity index is 1060. The van der Waals surface area contributed by atoms with Crippen molar-refractivity contribution in [3.05, 3.63) is 35.9 Å². The van der Waals surface area contributed by atoms with E-state index in [0.717, 1.165) is 52.2 Å². The Morgan fingerprint density at radius 2 is 1.26 bits per heavy atom. The summed E-state index contributed by atoms with van der Waals surface area (Å²) in [5, 5.41) is 21.4. The molecule has 1 aromatic rings. The van der Waals surface area contributed by atoms with E-state index in [0.29, 0.717) is 6.10 Å². The molecule has 0 aromatic heterocycles. The molecule has 1 aromatic carbocycles. The lowest BCUT2D eigenvalue weighted by atomic mass is 9.99. The number of aliphatic carboxylic acids is 3. The Balaban J connectivity index is 0.000000430. The van der Waals surface area contributed by atoms with Gasteiger partial charge >= 0.3 is 36.4 Å². The maximum Gasteiger partial charge on any atom is 0.490 e. The second kappa shape index (κ2) is 18.4. The predicted molar refractivity (Wildman–Crippen MR) is 144 cm³/mol. The van der Waals surface area contributed by atoms with E-state index >= 15 is 0 Å². The summed E-state index contributed by atoms with van der Waals surface area (Å²) >= 11 is 0. The molecule has 3 aliphatic heterocycles. The number of carboxylic acids is 3. The largest absolute Gasteiger partial charge is 0.490 e. The van der Waals surface area contributed by atoms with Crippen molar-refractivity contribution in [1.29, 1.82) is 0 Å². The van der Waals surface area contributed by atoms with Gasteiger partial charge in [0.25, 0.3) is 0 Å². The van der Waals surface area contributed by atoms with Gasteiger partial charge in [0, 0.05) is 52.4 Å². The van der Waals surface area contributed by atoms with E-state index in [1.54, 1.807) is 0 Å². The Labute approximate surface area is 263 Å². The van der Waals surface area contributed by atoms with Crippen LogP contribution in [0.1, 0.15) is 18.4 Å². The summed E-state index contributed by atoms with van der Waals surface area (Å²) in [7, 11) is 2.21. The highest BCUT2D eigenvalue weighted by atomic mass is 19.4. The summed E-state index contributed by atoms with van der Waals surface area (Å²) < 4.78 is 108. The van der Waals surface area contributed by atoms with Crippen molar-refractivity contribution < 1.29 is 78.7 Å². The van der Waals surface area contributed by atoms with Gasteiger partial charge in [-0.2, -0.15) is 39.5 Å². The number of likely N-dealkylation sites (N-methyl/N-ethyl adjacent to an activating group) is 1. The summed E-state index contributed by atoms with van der Waals surface area (Å²) in [6, 6.07) is 10.8. The maximum absolute atomic E-state index is 10.6. The second-order valence-corrected chi connectivity index (χ2v) is 10.7. The second-order valence-electron chi connectivity index (χ2n) is 10.7. The molecule has 0 bridgehead atoms. The fourth-order valence-electron chi connectivity index (χ4n) is 4.53. The van der Waals surface area contributed by atoms with Gasteiger partial charge in [-0.25, -0.2) is 14.4 Å². The number of hydrogen-bond donors (Lipinski definition) is 3. The van der Waals surface area contributed by atoms with Crippen LogP contribution in [0.2, 0.25) is 0 Å². The molecule has 3 fully saturated rings. The molecule has 11 nitrogen and oxygen atoms in total. The Kier molecular flexibility index (Phi) is 16.3. The van der Waals surface area contributed by atoms with Crippen LogP contribution in [-0.4, -0.2) is 144 Å². The molecule has 0 saturated carbocycles. The number of piperazine rings is 1. The van der Waals surface area contributed by atoms with E-state index in [9.17, 15) is 39.5 Å². The van der Waals surface area contributed by atoms with Crippen molar-refractivity contribution in [2.75, 3.05) is 66.1 Å². The van der Waals surface area contributed by atoms with Crippen LogP contribution in [0.15, 0.2) is 30.3 Å². The average molecular weight is 702 g/mol. The summed E-state index contributed by atoms with van der Waals surface area (Å²) in [6.45, 7) is 10.3. The van der Waals surface area contributed by atoms with Gasteiger partial charge in [-0.15, -0.1) is 0 Å². The molecule has 3 saturated heterocycles. The van der Waals surface area contributed by atoms with Gasteiger partial charge in [0.2, 0.25) is 0 Å². The highest BCUT2D eigenvalue weighted by Crippen LogP contribution is 2.34. The molecule has 3 N–H and O–H groups in total. The number of carbonyl (C=O) groups is 3. The van der Waals surface area contributed by atoms with E-state index in [1.165, 1.54) is 31.7 Å². The van der Waals surface area contributed by atoms with Crippen molar-refractivity contribution in [1.82, 2.24) is 14.7 Å². The third-order valence-electron chi connectivity index (χ3n) is 6.80. The number of alkyl halides is 9. The fraction of sp³-hybridized carbons (Fsp3) is 0.667. The van der Waals surface area contributed by atoms with Gasteiger partial charge in [-0.05, 0) is 25.5 Å². The van der Waals surface area contributed by atoms with Crippen molar-refractivity contribution in [3.8, 4) is 0 Å². The van der Waals surface area contributed by atoms with Gasteiger partial charge < -0.3 is 29.7 Å². The summed E-state index contributed by atoms with van der Waals surface area (Å²) in [5.41, 5.74) is 1.26. The molecule has 0 amide bonds. The normalized spacial score (nSPS) is 22.8. The van der Waals surface area contributed by atoms with E-state index in [2.05, 4.69) is 52.1 Å². The minimum absolute atomic E-state index is 0.109. The molecule has 2 unspecified atom stereocenters. The van der Waals surface area contributed by atoms with Crippen LogP contribution < -0.4 is 0 Å². The number of benzene rings is 1. The van der Waals surface area contributed by atoms with Crippen LogP contribution in [0.5, 0.6) is 0 Å². The van der Waals surface area contributed by atoms with Crippen LogP contribution in [0.25, 0.3) is 0 Å².